The van der Waals surface area contributed by atoms with Gasteiger partial charge in [0.15, 0.2) is 0 Å². The van der Waals surface area contributed by atoms with Crippen molar-refractivity contribution in [1.82, 2.24) is 0 Å². The van der Waals surface area contributed by atoms with Crippen LogP contribution < -0.4 is 0 Å². The zero-order valence-electron chi connectivity index (χ0n) is 20.6. The Kier molecular flexibility index (Phi) is 23.8. The smallest absolute Gasteiger partial charge is 0.0351 e. The molecule has 29 heavy (non-hydrogen) atoms. The van der Waals surface area contributed by atoms with Crippen LogP contribution in [-0.4, -0.2) is 0 Å². The molecule has 0 aliphatic carbocycles. The van der Waals surface area contributed by atoms with Crippen LogP contribution in [0.1, 0.15) is 149 Å². The lowest BCUT2D eigenvalue weighted by molar-refractivity contribution is 0.344. The molecule has 0 nitrogen and oxygen atoms in total. The molecule has 0 aromatic rings. The molecule has 0 rings (SSSR count). The fourth-order valence-corrected chi connectivity index (χ4v) is 4.44. The second-order valence-electron chi connectivity index (χ2n) is 9.78. The fourth-order valence-electron chi connectivity index (χ4n) is 4.44. The minimum atomic E-state index is 0.856. The van der Waals surface area contributed by atoms with E-state index in [2.05, 4.69) is 39.8 Å². The van der Waals surface area contributed by atoms with Gasteiger partial charge in [0.1, 0.15) is 0 Å². The molecule has 172 valence electrons. The van der Waals surface area contributed by atoms with Gasteiger partial charge in [-0.25, -0.2) is 0 Å². The highest BCUT2D eigenvalue weighted by Gasteiger charge is 2.10. The molecule has 0 N–H and O–H groups in total. The first kappa shape index (κ1) is 28.7. The van der Waals surface area contributed by atoms with Crippen LogP contribution in [0.15, 0.2) is 12.2 Å². The van der Waals surface area contributed by atoms with Gasteiger partial charge in [0, 0.05) is 0 Å². The summed E-state index contributed by atoms with van der Waals surface area (Å²) in [7, 11) is 0. The lowest BCUT2D eigenvalue weighted by Gasteiger charge is -2.18. The first-order valence-electron chi connectivity index (χ1n) is 13.4. The summed E-state index contributed by atoms with van der Waals surface area (Å²) in [5.41, 5.74) is 0. The molecule has 0 spiro atoms. The summed E-state index contributed by atoms with van der Waals surface area (Å²) in [6.07, 6.45) is 33.7. The van der Waals surface area contributed by atoms with Crippen molar-refractivity contribution in [2.45, 2.75) is 149 Å². The summed E-state index contributed by atoms with van der Waals surface area (Å²) in [6.45, 7) is 12.7. The van der Waals surface area contributed by atoms with Crippen molar-refractivity contribution >= 4 is 0 Å². The van der Waals surface area contributed by atoms with Gasteiger partial charge in [0.25, 0.3) is 0 Å². The van der Waals surface area contributed by atoms with Gasteiger partial charge in [-0.1, -0.05) is 143 Å². The lowest BCUT2D eigenvalue weighted by Crippen LogP contribution is -2.05. The maximum absolute atomic E-state index is 4.02. The van der Waals surface area contributed by atoms with Gasteiger partial charge in [-0.05, 0) is 43.9 Å². The second kappa shape index (κ2) is 24.0. The van der Waals surface area contributed by atoms with E-state index in [4.69, 9.17) is 0 Å². The number of hydrogen-bond donors (Lipinski definition) is 0. The van der Waals surface area contributed by atoms with Gasteiger partial charge < -0.3 is 0 Å². The quantitative estimate of drug-likeness (QED) is 0.117. The van der Waals surface area contributed by atoms with Crippen LogP contribution in [0.3, 0.4) is 0 Å². The first-order chi connectivity index (χ1) is 14.2. The first-order valence-corrected chi connectivity index (χ1v) is 13.4. The Labute approximate surface area is 186 Å². The molecular formula is C29H56. The molecule has 2 radical (unpaired) electrons. The molecule has 0 saturated heterocycles. The fraction of sp³-hybridized carbons (Fsp3) is 0.862. The standard InChI is InChI=1S/C29H56/c1-5-7-9-10-11-12-13-14-15-16-17-18-19-20-21-22-23-24-26-29(25-8-6-2)27-28(3)4/h11-12,28-29H,1-2,5-10,13-27H2,3-4H3. The molecular weight excluding hydrogens is 348 g/mol. The predicted molar refractivity (Wildman–Crippen MR) is 135 cm³/mol. The van der Waals surface area contributed by atoms with Crippen molar-refractivity contribution in [2.24, 2.45) is 11.8 Å². The van der Waals surface area contributed by atoms with Crippen LogP contribution in [-0.2, 0) is 0 Å². The Morgan fingerprint density at radius 3 is 1.41 bits per heavy atom. The van der Waals surface area contributed by atoms with Gasteiger partial charge in [-0.15, -0.1) is 0 Å². The van der Waals surface area contributed by atoms with E-state index in [1.54, 1.807) is 0 Å². The van der Waals surface area contributed by atoms with Crippen LogP contribution >= 0.6 is 0 Å². The highest BCUT2D eigenvalue weighted by Crippen LogP contribution is 2.24. The molecule has 0 heteroatoms. The number of rotatable bonds is 23. The number of allylic oxidation sites excluding steroid dienone is 2. The largest absolute Gasteiger partial charge is 0.0885 e. The average molecular weight is 405 g/mol. The number of hydrogen-bond acceptors (Lipinski definition) is 0. The highest BCUT2D eigenvalue weighted by atomic mass is 14.2. The minimum absolute atomic E-state index is 0.856. The van der Waals surface area contributed by atoms with Crippen LogP contribution in [0.5, 0.6) is 0 Å². The van der Waals surface area contributed by atoms with Crippen LogP contribution in [0.25, 0.3) is 0 Å². The summed E-state index contributed by atoms with van der Waals surface area (Å²) < 4.78 is 0. The van der Waals surface area contributed by atoms with Crippen molar-refractivity contribution in [3.8, 4) is 0 Å². The normalized spacial score (nSPS) is 13.0. The van der Waals surface area contributed by atoms with E-state index in [0.717, 1.165) is 24.7 Å². The molecule has 0 aromatic carbocycles. The summed E-state index contributed by atoms with van der Waals surface area (Å²) in [5, 5.41) is 0. The molecule has 0 aliphatic rings. The van der Waals surface area contributed by atoms with Gasteiger partial charge in [0.2, 0.25) is 0 Å². The third-order valence-electron chi connectivity index (χ3n) is 6.19. The zero-order chi connectivity index (χ0) is 21.4. The Morgan fingerprint density at radius 2 is 0.931 bits per heavy atom. The topological polar surface area (TPSA) is 0 Å². The monoisotopic (exact) mass is 404 g/mol. The molecule has 0 fully saturated rings. The van der Waals surface area contributed by atoms with E-state index in [-0.39, 0.29) is 0 Å². The maximum Gasteiger partial charge on any atom is -0.0351 e. The van der Waals surface area contributed by atoms with Crippen molar-refractivity contribution < 1.29 is 0 Å². The summed E-state index contributed by atoms with van der Waals surface area (Å²) in [5.74, 6) is 1.82. The van der Waals surface area contributed by atoms with Gasteiger partial charge in [-0.3, -0.25) is 0 Å². The van der Waals surface area contributed by atoms with Gasteiger partial charge in [0.05, 0.1) is 0 Å². The summed E-state index contributed by atoms with van der Waals surface area (Å²) in [4.78, 5) is 0. The van der Waals surface area contributed by atoms with E-state index in [0.29, 0.717) is 0 Å². The summed E-state index contributed by atoms with van der Waals surface area (Å²) in [6, 6.07) is 0. The zero-order valence-corrected chi connectivity index (χ0v) is 20.6. The highest BCUT2D eigenvalue weighted by molar-refractivity contribution is 4.81. The minimum Gasteiger partial charge on any atom is -0.0885 e. The molecule has 0 aromatic heterocycles. The molecule has 0 saturated carbocycles. The summed E-state index contributed by atoms with van der Waals surface area (Å²) >= 11 is 0. The van der Waals surface area contributed by atoms with E-state index in [1.165, 1.54) is 122 Å². The van der Waals surface area contributed by atoms with Crippen molar-refractivity contribution in [1.29, 1.82) is 0 Å². The maximum atomic E-state index is 4.02. The number of unbranched alkanes of at least 4 members (excludes halogenated alkanes) is 15. The molecule has 1 unspecified atom stereocenters. The van der Waals surface area contributed by atoms with Crippen molar-refractivity contribution in [2.75, 3.05) is 0 Å². The Balaban J connectivity index is 3.30. The Hall–Kier alpha value is -0.260. The third-order valence-corrected chi connectivity index (χ3v) is 6.19. The van der Waals surface area contributed by atoms with Gasteiger partial charge in [-0.2, -0.15) is 0 Å². The van der Waals surface area contributed by atoms with Crippen molar-refractivity contribution in [3.63, 3.8) is 0 Å². The van der Waals surface area contributed by atoms with Gasteiger partial charge >= 0.3 is 0 Å². The van der Waals surface area contributed by atoms with E-state index >= 15 is 0 Å². The third kappa shape index (κ3) is 23.9. The molecule has 0 amide bonds. The Morgan fingerprint density at radius 1 is 0.517 bits per heavy atom. The second-order valence-corrected chi connectivity index (χ2v) is 9.78. The molecule has 0 heterocycles. The van der Waals surface area contributed by atoms with Crippen LogP contribution in [0, 0.1) is 25.7 Å². The van der Waals surface area contributed by atoms with Crippen LogP contribution in [0.4, 0.5) is 0 Å². The van der Waals surface area contributed by atoms with Crippen LogP contribution in [0.2, 0.25) is 0 Å². The predicted octanol–water partition coefficient (Wildman–Crippen LogP) is 10.7. The van der Waals surface area contributed by atoms with Crippen molar-refractivity contribution in [3.05, 3.63) is 26.0 Å². The average Bonchev–Trinajstić information content (AvgIpc) is 2.70. The van der Waals surface area contributed by atoms with E-state index in [9.17, 15) is 0 Å². The lowest BCUT2D eigenvalue weighted by atomic mass is 9.88. The molecule has 1 atom stereocenters. The van der Waals surface area contributed by atoms with E-state index < -0.39 is 0 Å². The molecule has 0 aliphatic heterocycles. The molecule has 0 bridgehead atoms. The van der Waals surface area contributed by atoms with E-state index in [1.807, 2.05) is 0 Å². The Bertz CT molecular complexity index is 314. The SMILES string of the molecule is [CH2]CCCCC=CCCCCCCCCCCCCCC(CCC[CH2])CC(C)C.